The van der Waals surface area contributed by atoms with E-state index in [0.717, 1.165) is 26.1 Å². The molecule has 3 N–H and O–H groups in total. The van der Waals surface area contributed by atoms with Crippen LogP contribution in [0.15, 0.2) is 0 Å². The number of hydrogen-bond acceptors (Lipinski definition) is 3. The summed E-state index contributed by atoms with van der Waals surface area (Å²) in [5.41, 5.74) is 5.87. The Kier molecular flexibility index (Phi) is 2.65. The maximum absolute atomic E-state index is 5.96. The largest absolute Gasteiger partial charge is 0.380 e. The van der Waals surface area contributed by atoms with E-state index in [9.17, 15) is 0 Å². The van der Waals surface area contributed by atoms with Gasteiger partial charge in [0.05, 0.1) is 12.1 Å². The van der Waals surface area contributed by atoms with Crippen LogP contribution in [-0.4, -0.2) is 31.8 Å². The maximum atomic E-state index is 5.96. The van der Waals surface area contributed by atoms with Crippen molar-refractivity contribution in [3.63, 3.8) is 0 Å². The molecule has 1 fully saturated rings. The molecule has 0 aromatic heterocycles. The topological polar surface area (TPSA) is 47.3 Å². The van der Waals surface area contributed by atoms with E-state index in [2.05, 4.69) is 5.32 Å². The molecule has 1 rings (SSSR count). The van der Waals surface area contributed by atoms with Crippen LogP contribution in [0, 0.1) is 0 Å². The molecule has 1 atom stereocenters. The quantitative estimate of drug-likeness (QED) is 0.572. The number of hydrogen-bond donors (Lipinski definition) is 2. The Morgan fingerprint density at radius 3 is 3.00 bits per heavy atom. The van der Waals surface area contributed by atoms with Crippen molar-refractivity contribution in [2.45, 2.75) is 18.9 Å². The van der Waals surface area contributed by atoms with Crippen LogP contribution in [0.3, 0.4) is 0 Å². The summed E-state index contributed by atoms with van der Waals surface area (Å²) >= 11 is 0. The third-order valence-corrected chi connectivity index (χ3v) is 1.87. The Morgan fingerprint density at radius 2 is 2.50 bits per heavy atom. The van der Waals surface area contributed by atoms with Gasteiger partial charge in [-0.15, -0.1) is 0 Å². The van der Waals surface area contributed by atoms with Crippen molar-refractivity contribution in [2.24, 2.45) is 5.73 Å². The summed E-state index contributed by atoms with van der Waals surface area (Å²) in [5.74, 6) is 0. The standard InChI is InChI=1S/C7H16N2O/c1-2-10-6-7(8)3-4-9-5-7/h9H,2-6,8H2,1H3. The van der Waals surface area contributed by atoms with E-state index in [1.165, 1.54) is 0 Å². The average molecular weight is 144 g/mol. The van der Waals surface area contributed by atoms with Crippen LogP contribution < -0.4 is 11.1 Å². The van der Waals surface area contributed by atoms with E-state index in [-0.39, 0.29) is 5.54 Å². The average Bonchev–Trinajstić information content (AvgIpc) is 2.33. The predicted molar refractivity (Wildman–Crippen MR) is 40.9 cm³/mol. The van der Waals surface area contributed by atoms with Crippen molar-refractivity contribution in [3.8, 4) is 0 Å². The molecular weight excluding hydrogens is 128 g/mol. The lowest BCUT2D eigenvalue weighted by Crippen LogP contribution is -2.46. The Morgan fingerprint density at radius 1 is 1.70 bits per heavy atom. The molecular formula is C7H16N2O. The van der Waals surface area contributed by atoms with E-state index in [1.807, 2.05) is 6.92 Å². The van der Waals surface area contributed by atoms with Crippen molar-refractivity contribution in [2.75, 3.05) is 26.3 Å². The van der Waals surface area contributed by atoms with Gasteiger partial charge in [0.25, 0.3) is 0 Å². The predicted octanol–water partition coefficient (Wildman–Crippen LogP) is -0.286. The highest BCUT2D eigenvalue weighted by Crippen LogP contribution is 2.10. The van der Waals surface area contributed by atoms with Crippen LogP contribution >= 0.6 is 0 Å². The molecule has 0 spiro atoms. The van der Waals surface area contributed by atoms with Gasteiger partial charge in [-0.25, -0.2) is 0 Å². The first-order valence-corrected chi connectivity index (χ1v) is 3.84. The second-order valence-corrected chi connectivity index (χ2v) is 2.93. The van der Waals surface area contributed by atoms with E-state index in [4.69, 9.17) is 10.5 Å². The van der Waals surface area contributed by atoms with Gasteiger partial charge < -0.3 is 15.8 Å². The second kappa shape index (κ2) is 3.32. The summed E-state index contributed by atoms with van der Waals surface area (Å²) in [7, 11) is 0. The monoisotopic (exact) mass is 144 g/mol. The molecule has 60 valence electrons. The lowest BCUT2D eigenvalue weighted by atomic mass is 10.0. The van der Waals surface area contributed by atoms with E-state index in [1.54, 1.807) is 0 Å². The van der Waals surface area contributed by atoms with E-state index < -0.39 is 0 Å². The first-order chi connectivity index (χ1) is 4.77. The van der Waals surface area contributed by atoms with Crippen LogP contribution in [0.5, 0.6) is 0 Å². The molecule has 1 aliphatic heterocycles. The van der Waals surface area contributed by atoms with Gasteiger partial charge in [-0.3, -0.25) is 0 Å². The lowest BCUT2D eigenvalue weighted by Gasteiger charge is -2.21. The fourth-order valence-corrected chi connectivity index (χ4v) is 1.19. The zero-order valence-electron chi connectivity index (χ0n) is 6.52. The van der Waals surface area contributed by atoms with Gasteiger partial charge >= 0.3 is 0 Å². The summed E-state index contributed by atoms with van der Waals surface area (Å²) in [6.07, 6.45) is 1.03. The molecule has 0 aromatic rings. The van der Waals surface area contributed by atoms with Crippen LogP contribution in [0.1, 0.15) is 13.3 Å². The van der Waals surface area contributed by atoms with Gasteiger partial charge in [0.1, 0.15) is 0 Å². The zero-order chi connectivity index (χ0) is 7.45. The van der Waals surface area contributed by atoms with Gasteiger partial charge in [-0.1, -0.05) is 0 Å². The minimum atomic E-state index is -0.0873. The Bertz CT molecular complexity index is 99.8. The van der Waals surface area contributed by atoms with Gasteiger partial charge in [-0.05, 0) is 19.9 Å². The summed E-state index contributed by atoms with van der Waals surface area (Å²) in [5, 5.41) is 3.22. The first-order valence-electron chi connectivity index (χ1n) is 3.84. The molecule has 3 nitrogen and oxygen atoms in total. The molecule has 1 aliphatic rings. The van der Waals surface area contributed by atoms with Crippen LogP contribution in [0.4, 0.5) is 0 Å². The number of ether oxygens (including phenoxy) is 1. The minimum absolute atomic E-state index is 0.0873. The summed E-state index contributed by atoms with van der Waals surface area (Å²) < 4.78 is 5.26. The van der Waals surface area contributed by atoms with E-state index in [0.29, 0.717) is 6.61 Å². The zero-order valence-corrected chi connectivity index (χ0v) is 6.52. The fourth-order valence-electron chi connectivity index (χ4n) is 1.19. The molecule has 10 heavy (non-hydrogen) atoms. The summed E-state index contributed by atoms with van der Waals surface area (Å²) in [4.78, 5) is 0. The highest BCUT2D eigenvalue weighted by Gasteiger charge is 2.28. The number of nitrogens with two attached hydrogens (primary N) is 1. The van der Waals surface area contributed by atoms with Crippen molar-refractivity contribution in [1.82, 2.24) is 5.32 Å². The van der Waals surface area contributed by atoms with Crippen LogP contribution in [0.2, 0.25) is 0 Å². The van der Waals surface area contributed by atoms with Gasteiger partial charge in [0, 0.05) is 13.2 Å². The van der Waals surface area contributed by atoms with Crippen molar-refractivity contribution < 1.29 is 4.74 Å². The molecule has 0 radical (unpaired) electrons. The maximum Gasteiger partial charge on any atom is 0.0658 e. The molecule has 0 aliphatic carbocycles. The third-order valence-electron chi connectivity index (χ3n) is 1.87. The molecule has 1 heterocycles. The summed E-state index contributed by atoms with van der Waals surface area (Å²) in [6, 6.07) is 0. The van der Waals surface area contributed by atoms with Gasteiger partial charge in [0.2, 0.25) is 0 Å². The highest BCUT2D eigenvalue weighted by molar-refractivity contribution is 4.92. The Hall–Kier alpha value is -0.120. The summed E-state index contributed by atoms with van der Waals surface area (Å²) in [6.45, 7) is 5.37. The van der Waals surface area contributed by atoms with Crippen molar-refractivity contribution in [1.29, 1.82) is 0 Å². The normalized spacial score (nSPS) is 33.0. The smallest absolute Gasteiger partial charge is 0.0658 e. The molecule has 0 bridgehead atoms. The molecule has 3 heteroatoms. The molecule has 0 saturated carbocycles. The van der Waals surface area contributed by atoms with Crippen LogP contribution in [0.25, 0.3) is 0 Å². The molecule has 0 amide bonds. The Labute approximate surface area is 61.9 Å². The first kappa shape index (κ1) is 7.98. The lowest BCUT2D eigenvalue weighted by molar-refractivity contribution is 0.102. The number of nitrogens with one attached hydrogen (secondary N) is 1. The van der Waals surface area contributed by atoms with Gasteiger partial charge in [-0.2, -0.15) is 0 Å². The fraction of sp³-hybridized carbons (Fsp3) is 1.00. The molecule has 0 aromatic carbocycles. The third kappa shape index (κ3) is 1.94. The Balaban J connectivity index is 2.22. The van der Waals surface area contributed by atoms with Crippen molar-refractivity contribution >= 4 is 0 Å². The number of rotatable bonds is 3. The highest BCUT2D eigenvalue weighted by atomic mass is 16.5. The van der Waals surface area contributed by atoms with Gasteiger partial charge in [0.15, 0.2) is 0 Å². The van der Waals surface area contributed by atoms with Crippen molar-refractivity contribution in [3.05, 3.63) is 0 Å². The molecule has 1 unspecified atom stereocenters. The SMILES string of the molecule is CCOCC1(N)CCNC1. The second-order valence-electron chi connectivity index (χ2n) is 2.93. The van der Waals surface area contributed by atoms with Crippen LogP contribution in [-0.2, 0) is 4.74 Å². The van der Waals surface area contributed by atoms with E-state index >= 15 is 0 Å². The molecule has 1 saturated heterocycles. The minimum Gasteiger partial charge on any atom is -0.380 e.